The van der Waals surface area contributed by atoms with Gasteiger partial charge < -0.3 is 10.4 Å². The monoisotopic (exact) mass is 253 g/mol. The van der Waals surface area contributed by atoms with Crippen molar-refractivity contribution < 1.29 is 9.90 Å². The highest BCUT2D eigenvalue weighted by Gasteiger charge is 2.43. The highest BCUT2D eigenvalue weighted by Crippen LogP contribution is 2.42. The lowest BCUT2D eigenvalue weighted by Crippen LogP contribution is -2.21. The molecule has 92 valence electrons. The maximum absolute atomic E-state index is 12.0. The predicted molar refractivity (Wildman–Crippen MR) is 66.6 cm³/mol. The number of carbonyl (C=O) groups excluding carboxylic acids is 1. The van der Waals surface area contributed by atoms with Gasteiger partial charge in [0.25, 0.3) is 0 Å². The Balaban J connectivity index is 2.21. The summed E-state index contributed by atoms with van der Waals surface area (Å²) in [5.74, 6) is -0.133. The van der Waals surface area contributed by atoms with Gasteiger partial charge in [-0.3, -0.25) is 4.79 Å². The molecule has 0 amide bonds. The third-order valence-electron chi connectivity index (χ3n) is 3.38. The second-order valence-corrected chi connectivity index (χ2v) is 4.74. The predicted octanol–water partition coefficient (Wildman–Crippen LogP) is 2.10. The molecular weight excluding hydrogens is 238 g/mol. The lowest BCUT2D eigenvalue weighted by molar-refractivity contribution is -0.120. The van der Waals surface area contributed by atoms with E-state index in [4.69, 9.17) is 12.2 Å². The van der Waals surface area contributed by atoms with Crippen molar-refractivity contribution in [2.45, 2.75) is 25.7 Å². The van der Waals surface area contributed by atoms with Gasteiger partial charge in [-0.15, -0.1) is 10.2 Å². The molecule has 0 aromatic carbocycles. The summed E-state index contributed by atoms with van der Waals surface area (Å²) in [7, 11) is 1.63. The zero-order chi connectivity index (χ0) is 12.4. The number of aliphatic hydroxyl groups excluding tert-OH is 1. The van der Waals surface area contributed by atoms with Gasteiger partial charge in [-0.2, -0.15) is 0 Å². The topological polar surface area (TPSA) is 74.1 Å². The molecule has 2 unspecified atom stereocenters. The summed E-state index contributed by atoms with van der Waals surface area (Å²) in [5, 5.41) is 20.3. The highest BCUT2D eigenvalue weighted by atomic mass is 32.1. The number of rotatable bonds is 1. The van der Waals surface area contributed by atoms with Crippen LogP contribution in [0, 0.1) is 11.8 Å². The Bertz CT molecular complexity index is 417. The smallest absolute Gasteiger partial charge is 0.213 e. The van der Waals surface area contributed by atoms with Gasteiger partial charge in [0.15, 0.2) is 11.5 Å². The van der Waals surface area contributed by atoms with E-state index in [1.807, 2.05) is 0 Å². The van der Waals surface area contributed by atoms with Crippen LogP contribution in [-0.4, -0.2) is 23.0 Å². The largest absolute Gasteiger partial charge is 0.510 e. The van der Waals surface area contributed by atoms with Crippen molar-refractivity contribution in [3.8, 4) is 0 Å². The Morgan fingerprint density at radius 1 is 1.41 bits per heavy atom. The molecule has 2 atom stereocenters. The molecule has 6 heteroatoms. The molecule has 0 aromatic rings. The number of hydrogen-bond acceptors (Lipinski definition) is 4. The van der Waals surface area contributed by atoms with Crippen LogP contribution in [0.25, 0.3) is 0 Å². The van der Waals surface area contributed by atoms with E-state index in [1.54, 1.807) is 7.05 Å². The number of Topliss-reactive ketones (excluding diaryl/α,β-unsaturated/α-hetero) is 1. The first-order chi connectivity index (χ1) is 8.15. The van der Waals surface area contributed by atoms with E-state index < -0.39 is 0 Å². The average Bonchev–Trinajstić information content (AvgIpc) is 2.60. The lowest BCUT2D eigenvalue weighted by atomic mass is 9.80. The van der Waals surface area contributed by atoms with Gasteiger partial charge in [-0.1, -0.05) is 12.8 Å². The Morgan fingerprint density at radius 3 is 2.65 bits per heavy atom. The van der Waals surface area contributed by atoms with Crippen molar-refractivity contribution in [3.05, 3.63) is 11.5 Å². The third kappa shape index (κ3) is 2.22. The number of thiocarbonyl (C=S) groups is 1. The highest BCUT2D eigenvalue weighted by molar-refractivity contribution is 7.80. The van der Waals surface area contributed by atoms with Crippen LogP contribution in [0.15, 0.2) is 21.7 Å². The molecule has 0 spiro atoms. The number of ketones is 1. The van der Waals surface area contributed by atoms with Crippen LogP contribution in [0.4, 0.5) is 0 Å². The minimum absolute atomic E-state index is 0.0478. The van der Waals surface area contributed by atoms with E-state index in [0.717, 1.165) is 25.7 Å². The van der Waals surface area contributed by atoms with Gasteiger partial charge in [0.05, 0.1) is 0 Å². The second kappa shape index (κ2) is 4.91. The van der Waals surface area contributed by atoms with Crippen LogP contribution >= 0.6 is 12.2 Å². The number of azo groups is 1. The molecule has 2 aliphatic rings. The van der Waals surface area contributed by atoms with Crippen LogP contribution in [0.5, 0.6) is 0 Å². The zero-order valence-corrected chi connectivity index (χ0v) is 10.5. The summed E-state index contributed by atoms with van der Waals surface area (Å²) in [5.41, 5.74) is 0.0968. The zero-order valence-electron chi connectivity index (χ0n) is 9.64. The SMILES string of the molecule is CNC(=S)N=NC1=C(O)C2CCCCC2C1=O. The molecule has 0 radical (unpaired) electrons. The number of fused-ring (bicyclic) bond motifs is 1. The fourth-order valence-electron chi connectivity index (χ4n) is 2.50. The lowest BCUT2D eigenvalue weighted by Gasteiger charge is -2.23. The van der Waals surface area contributed by atoms with Crippen LogP contribution in [0.2, 0.25) is 0 Å². The molecular formula is C11H15N3O2S. The van der Waals surface area contributed by atoms with Crippen molar-refractivity contribution in [2.75, 3.05) is 7.05 Å². The molecule has 5 nitrogen and oxygen atoms in total. The molecule has 17 heavy (non-hydrogen) atoms. The van der Waals surface area contributed by atoms with E-state index in [1.165, 1.54) is 0 Å². The van der Waals surface area contributed by atoms with Gasteiger partial charge in [0, 0.05) is 18.9 Å². The molecule has 1 saturated carbocycles. The van der Waals surface area contributed by atoms with E-state index in [2.05, 4.69) is 15.5 Å². The number of nitrogens with zero attached hydrogens (tertiary/aromatic N) is 2. The van der Waals surface area contributed by atoms with Gasteiger partial charge in [-0.25, -0.2) is 0 Å². The van der Waals surface area contributed by atoms with Crippen molar-refractivity contribution in [3.63, 3.8) is 0 Å². The average molecular weight is 253 g/mol. The van der Waals surface area contributed by atoms with Gasteiger partial charge in [0.2, 0.25) is 5.11 Å². The van der Waals surface area contributed by atoms with Gasteiger partial charge >= 0.3 is 0 Å². The Morgan fingerprint density at radius 2 is 2.06 bits per heavy atom. The molecule has 0 bridgehead atoms. The number of aliphatic hydroxyl groups is 1. The number of nitrogens with one attached hydrogen (secondary N) is 1. The Kier molecular flexibility index (Phi) is 3.51. The Hall–Kier alpha value is -1.30. The first kappa shape index (κ1) is 12.2. The number of carbonyl (C=O) groups is 1. The quantitative estimate of drug-likeness (QED) is 0.554. The van der Waals surface area contributed by atoms with Crippen molar-refractivity contribution >= 4 is 23.1 Å². The van der Waals surface area contributed by atoms with Crippen molar-refractivity contribution in [1.82, 2.24) is 5.32 Å². The molecule has 0 aromatic heterocycles. The van der Waals surface area contributed by atoms with Crippen LogP contribution < -0.4 is 5.32 Å². The first-order valence-electron chi connectivity index (χ1n) is 5.76. The van der Waals surface area contributed by atoms with Crippen LogP contribution in [0.1, 0.15) is 25.7 Å². The summed E-state index contributed by atoms with van der Waals surface area (Å²) >= 11 is 4.81. The number of hydrogen-bond donors (Lipinski definition) is 2. The standard InChI is InChI=1S/C11H15N3O2S/c1-12-11(17)14-13-8-9(15)6-4-2-3-5-7(6)10(8)16/h6-7,15H,2-5H2,1H3,(H,12,17). The Labute approximate surface area is 105 Å². The maximum Gasteiger partial charge on any atom is 0.213 e. The minimum atomic E-state index is -0.0964. The molecule has 2 aliphatic carbocycles. The normalized spacial score (nSPS) is 28.6. The van der Waals surface area contributed by atoms with Gasteiger partial charge in [0.1, 0.15) is 5.76 Å². The van der Waals surface area contributed by atoms with E-state index in [0.29, 0.717) is 0 Å². The molecule has 0 saturated heterocycles. The first-order valence-corrected chi connectivity index (χ1v) is 6.16. The molecule has 0 heterocycles. The molecule has 2 N–H and O–H groups in total. The summed E-state index contributed by atoms with van der Waals surface area (Å²) in [6, 6.07) is 0. The fraction of sp³-hybridized carbons (Fsp3) is 0.636. The van der Waals surface area contributed by atoms with Crippen molar-refractivity contribution in [1.29, 1.82) is 0 Å². The van der Waals surface area contributed by atoms with E-state index >= 15 is 0 Å². The summed E-state index contributed by atoms with van der Waals surface area (Å²) in [6.45, 7) is 0. The summed E-state index contributed by atoms with van der Waals surface area (Å²) in [4.78, 5) is 12.0. The molecule has 2 rings (SSSR count). The minimum Gasteiger partial charge on any atom is -0.510 e. The maximum atomic E-state index is 12.0. The number of allylic oxidation sites excluding steroid dienone is 2. The van der Waals surface area contributed by atoms with Gasteiger partial charge in [-0.05, 0) is 25.1 Å². The second-order valence-electron chi connectivity index (χ2n) is 4.35. The van der Waals surface area contributed by atoms with Crippen LogP contribution in [-0.2, 0) is 4.79 Å². The molecule has 0 aliphatic heterocycles. The van der Waals surface area contributed by atoms with E-state index in [9.17, 15) is 9.90 Å². The van der Waals surface area contributed by atoms with E-state index in [-0.39, 0.29) is 34.2 Å². The summed E-state index contributed by atoms with van der Waals surface area (Å²) in [6.07, 6.45) is 3.79. The molecule has 1 fully saturated rings. The van der Waals surface area contributed by atoms with Crippen LogP contribution in [0.3, 0.4) is 0 Å². The third-order valence-corrected chi connectivity index (χ3v) is 3.67. The fourth-order valence-corrected chi connectivity index (χ4v) is 2.54. The van der Waals surface area contributed by atoms with Crippen molar-refractivity contribution in [2.24, 2.45) is 22.1 Å². The summed E-state index contributed by atoms with van der Waals surface area (Å²) < 4.78 is 0.